The molecule has 0 fully saturated rings. The van der Waals surface area contributed by atoms with Crippen molar-refractivity contribution in [1.29, 1.82) is 0 Å². The first-order valence-electron chi connectivity index (χ1n) is 5.26. The summed E-state index contributed by atoms with van der Waals surface area (Å²) in [5.41, 5.74) is 0.0744. The van der Waals surface area contributed by atoms with Crippen molar-refractivity contribution < 1.29 is 9.21 Å². The van der Waals surface area contributed by atoms with E-state index in [0.29, 0.717) is 12.8 Å². The molecule has 1 aromatic heterocycles. The molecule has 1 N–H and O–H groups in total. The third kappa shape index (κ3) is 5.37. The van der Waals surface area contributed by atoms with Crippen LogP contribution in [0.25, 0.3) is 0 Å². The molecule has 0 aliphatic heterocycles. The standard InChI is InChI=1S/C12H19NO2/c1-12(2,3)13-7-6-10(14)9-11-5-4-8-15-11/h4-5,8,13H,6-7,9H2,1-3H3. The second kappa shape index (κ2) is 5.12. The van der Waals surface area contributed by atoms with Crippen LogP contribution in [0, 0.1) is 0 Å². The highest BCUT2D eigenvalue weighted by Crippen LogP contribution is 2.03. The minimum atomic E-state index is 0.0744. The molecule has 0 bridgehead atoms. The summed E-state index contributed by atoms with van der Waals surface area (Å²) in [5, 5.41) is 3.28. The maximum atomic E-state index is 11.5. The van der Waals surface area contributed by atoms with Crippen molar-refractivity contribution in [2.45, 2.75) is 39.2 Å². The Morgan fingerprint density at radius 1 is 1.47 bits per heavy atom. The third-order valence-electron chi connectivity index (χ3n) is 2.01. The lowest BCUT2D eigenvalue weighted by molar-refractivity contribution is -0.118. The van der Waals surface area contributed by atoms with E-state index >= 15 is 0 Å². The van der Waals surface area contributed by atoms with E-state index in [4.69, 9.17) is 4.42 Å². The third-order valence-corrected chi connectivity index (χ3v) is 2.01. The Kier molecular flexibility index (Phi) is 4.09. The first kappa shape index (κ1) is 12.0. The smallest absolute Gasteiger partial charge is 0.141 e. The average molecular weight is 209 g/mol. The van der Waals surface area contributed by atoms with Gasteiger partial charge >= 0.3 is 0 Å². The summed E-state index contributed by atoms with van der Waals surface area (Å²) in [7, 11) is 0. The number of Topliss-reactive ketones (excluding diaryl/α,β-unsaturated/α-hetero) is 1. The summed E-state index contributed by atoms with van der Waals surface area (Å²) in [6.07, 6.45) is 2.55. The number of hydrogen-bond donors (Lipinski definition) is 1. The molecule has 0 atom stereocenters. The molecule has 0 saturated heterocycles. The molecule has 84 valence electrons. The summed E-state index contributed by atoms with van der Waals surface area (Å²) in [4.78, 5) is 11.5. The summed E-state index contributed by atoms with van der Waals surface area (Å²) >= 11 is 0. The number of furan rings is 1. The Labute approximate surface area is 90.9 Å². The van der Waals surface area contributed by atoms with Gasteiger partial charge in [-0.15, -0.1) is 0 Å². The van der Waals surface area contributed by atoms with E-state index < -0.39 is 0 Å². The van der Waals surface area contributed by atoms with Crippen molar-refractivity contribution in [3.05, 3.63) is 24.2 Å². The largest absolute Gasteiger partial charge is 0.469 e. The fourth-order valence-electron chi connectivity index (χ4n) is 1.27. The number of rotatable bonds is 5. The van der Waals surface area contributed by atoms with Crippen LogP contribution in [0.2, 0.25) is 0 Å². The lowest BCUT2D eigenvalue weighted by atomic mass is 10.1. The van der Waals surface area contributed by atoms with Gasteiger partial charge in [0, 0.05) is 18.5 Å². The maximum Gasteiger partial charge on any atom is 0.141 e. The van der Waals surface area contributed by atoms with Gasteiger partial charge in [0.05, 0.1) is 12.7 Å². The average Bonchev–Trinajstić information content (AvgIpc) is 2.54. The molecular weight excluding hydrogens is 190 g/mol. The van der Waals surface area contributed by atoms with E-state index in [-0.39, 0.29) is 11.3 Å². The summed E-state index contributed by atoms with van der Waals surface area (Å²) in [6.45, 7) is 6.99. The van der Waals surface area contributed by atoms with E-state index in [0.717, 1.165) is 12.3 Å². The monoisotopic (exact) mass is 209 g/mol. The van der Waals surface area contributed by atoms with Crippen LogP contribution in [-0.2, 0) is 11.2 Å². The summed E-state index contributed by atoms with van der Waals surface area (Å²) in [6, 6.07) is 3.63. The predicted molar refractivity (Wildman–Crippen MR) is 59.8 cm³/mol. The molecule has 0 saturated carbocycles. The quantitative estimate of drug-likeness (QED) is 0.808. The predicted octanol–water partition coefficient (Wildman–Crippen LogP) is 2.17. The fourth-order valence-corrected chi connectivity index (χ4v) is 1.27. The SMILES string of the molecule is CC(C)(C)NCCC(=O)Cc1ccco1. The number of hydrogen-bond acceptors (Lipinski definition) is 3. The zero-order valence-corrected chi connectivity index (χ0v) is 9.67. The Morgan fingerprint density at radius 2 is 2.20 bits per heavy atom. The number of carbonyl (C=O) groups excluding carboxylic acids is 1. The molecule has 1 rings (SSSR count). The maximum absolute atomic E-state index is 11.5. The van der Waals surface area contributed by atoms with Crippen LogP contribution in [0.4, 0.5) is 0 Å². The minimum Gasteiger partial charge on any atom is -0.469 e. The lowest BCUT2D eigenvalue weighted by Gasteiger charge is -2.19. The second-order valence-corrected chi connectivity index (χ2v) is 4.72. The lowest BCUT2D eigenvalue weighted by Crippen LogP contribution is -2.37. The highest BCUT2D eigenvalue weighted by atomic mass is 16.3. The Morgan fingerprint density at radius 3 is 2.73 bits per heavy atom. The minimum absolute atomic E-state index is 0.0744. The highest BCUT2D eigenvalue weighted by Gasteiger charge is 2.10. The summed E-state index contributed by atoms with van der Waals surface area (Å²) < 4.78 is 5.11. The van der Waals surface area contributed by atoms with Gasteiger partial charge in [0.15, 0.2) is 0 Å². The molecule has 0 unspecified atom stereocenters. The Balaban J connectivity index is 2.20. The Bertz CT molecular complexity index is 296. The molecule has 1 aromatic rings. The van der Waals surface area contributed by atoms with Crippen molar-refractivity contribution in [1.82, 2.24) is 5.32 Å². The van der Waals surface area contributed by atoms with Gasteiger partial charge in [-0.2, -0.15) is 0 Å². The van der Waals surface area contributed by atoms with Crippen LogP contribution >= 0.6 is 0 Å². The molecule has 0 amide bonds. The van der Waals surface area contributed by atoms with E-state index in [9.17, 15) is 4.79 Å². The van der Waals surface area contributed by atoms with Crippen LogP contribution < -0.4 is 5.32 Å². The van der Waals surface area contributed by atoms with Crippen LogP contribution in [0.3, 0.4) is 0 Å². The first-order valence-corrected chi connectivity index (χ1v) is 5.26. The molecule has 0 spiro atoms. The zero-order chi connectivity index (χ0) is 11.3. The van der Waals surface area contributed by atoms with Crippen LogP contribution in [0.5, 0.6) is 0 Å². The molecule has 0 aliphatic rings. The van der Waals surface area contributed by atoms with E-state index in [1.54, 1.807) is 12.3 Å². The van der Waals surface area contributed by atoms with Crippen molar-refractivity contribution >= 4 is 5.78 Å². The number of ketones is 1. The highest BCUT2D eigenvalue weighted by molar-refractivity contribution is 5.80. The van der Waals surface area contributed by atoms with Gasteiger partial charge in [-0.1, -0.05) is 0 Å². The van der Waals surface area contributed by atoms with E-state index in [1.807, 2.05) is 6.07 Å². The molecular formula is C12H19NO2. The van der Waals surface area contributed by atoms with Gasteiger partial charge in [0.1, 0.15) is 11.5 Å². The van der Waals surface area contributed by atoms with Gasteiger partial charge in [-0.3, -0.25) is 4.79 Å². The van der Waals surface area contributed by atoms with Crippen molar-refractivity contribution in [3.8, 4) is 0 Å². The molecule has 0 aliphatic carbocycles. The van der Waals surface area contributed by atoms with E-state index in [1.165, 1.54) is 0 Å². The van der Waals surface area contributed by atoms with Gasteiger partial charge in [0.25, 0.3) is 0 Å². The van der Waals surface area contributed by atoms with Crippen LogP contribution in [0.15, 0.2) is 22.8 Å². The normalized spacial score (nSPS) is 11.7. The number of carbonyl (C=O) groups is 1. The summed E-state index contributed by atoms with van der Waals surface area (Å²) in [5.74, 6) is 0.956. The first-order chi connectivity index (χ1) is 6.97. The molecule has 15 heavy (non-hydrogen) atoms. The van der Waals surface area contributed by atoms with Gasteiger partial charge in [0.2, 0.25) is 0 Å². The molecule has 0 radical (unpaired) electrons. The van der Waals surface area contributed by atoms with Crippen molar-refractivity contribution in [2.24, 2.45) is 0 Å². The molecule has 3 heteroatoms. The second-order valence-electron chi connectivity index (χ2n) is 4.72. The molecule has 3 nitrogen and oxygen atoms in total. The fraction of sp³-hybridized carbons (Fsp3) is 0.583. The van der Waals surface area contributed by atoms with Gasteiger partial charge in [-0.25, -0.2) is 0 Å². The van der Waals surface area contributed by atoms with Crippen molar-refractivity contribution in [3.63, 3.8) is 0 Å². The number of nitrogens with one attached hydrogen (secondary N) is 1. The van der Waals surface area contributed by atoms with E-state index in [2.05, 4.69) is 26.1 Å². The van der Waals surface area contributed by atoms with Crippen LogP contribution in [-0.4, -0.2) is 17.9 Å². The van der Waals surface area contributed by atoms with Gasteiger partial charge < -0.3 is 9.73 Å². The zero-order valence-electron chi connectivity index (χ0n) is 9.67. The van der Waals surface area contributed by atoms with Gasteiger partial charge in [-0.05, 0) is 32.9 Å². The molecule has 0 aromatic carbocycles. The molecule has 1 heterocycles. The van der Waals surface area contributed by atoms with Crippen LogP contribution in [0.1, 0.15) is 33.0 Å². The van der Waals surface area contributed by atoms with Crippen molar-refractivity contribution in [2.75, 3.05) is 6.54 Å². The Hall–Kier alpha value is -1.09. The topological polar surface area (TPSA) is 42.2 Å².